The van der Waals surface area contributed by atoms with Gasteiger partial charge in [0, 0.05) is 5.69 Å². The minimum Gasteiger partial charge on any atom is -0.338 e. The maximum Gasteiger partial charge on any atom is 0.159 e. The van der Waals surface area contributed by atoms with Gasteiger partial charge in [-0.2, -0.15) is 5.26 Å². The predicted molar refractivity (Wildman–Crippen MR) is 70.8 cm³/mol. The SMILES string of the molecule is Cc1nc(Nc2ccc(C)c(C)c2)c(C#N)s1. The minimum atomic E-state index is 0.626. The van der Waals surface area contributed by atoms with Crippen molar-refractivity contribution in [3.8, 4) is 6.07 Å². The Morgan fingerprint density at radius 3 is 2.65 bits per heavy atom. The molecule has 4 heteroatoms. The third-order valence-corrected chi connectivity index (χ3v) is 3.48. The molecule has 1 heterocycles. The first-order valence-electron chi connectivity index (χ1n) is 5.32. The van der Waals surface area contributed by atoms with Crippen molar-refractivity contribution in [2.75, 3.05) is 5.32 Å². The Hall–Kier alpha value is -1.86. The van der Waals surface area contributed by atoms with Gasteiger partial charge in [-0.15, -0.1) is 11.3 Å². The number of nitrogens with one attached hydrogen (secondary N) is 1. The molecule has 1 aromatic carbocycles. The standard InChI is InChI=1S/C13H13N3S/c1-8-4-5-11(6-9(8)2)16-13-12(7-14)17-10(3)15-13/h4-6,16H,1-3H3. The molecule has 0 aliphatic carbocycles. The van der Waals surface area contributed by atoms with Gasteiger partial charge in [0.2, 0.25) is 0 Å². The Morgan fingerprint density at radius 2 is 2.00 bits per heavy atom. The summed E-state index contributed by atoms with van der Waals surface area (Å²) in [6.07, 6.45) is 0. The molecule has 86 valence electrons. The molecule has 2 rings (SSSR count). The average molecular weight is 243 g/mol. The number of thiazole rings is 1. The Balaban J connectivity index is 2.31. The minimum absolute atomic E-state index is 0.626. The number of anilines is 2. The van der Waals surface area contributed by atoms with Gasteiger partial charge in [-0.3, -0.25) is 0 Å². The van der Waals surface area contributed by atoms with E-state index in [0.29, 0.717) is 10.7 Å². The first kappa shape index (κ1) is 11.6. The molecule has 0 amide bonds. The number of nitrogens with zero attached hydrogens (tertiary/aromatic N) is 2. The van der Waals surface area contributed by atoms with E-state index in [4.69, 9.17) is 5.26 Å². The summed E-state index contributed by atoms with van der Waals surface area (Å²) in [6.45, 7) is 6.04. The van der Waals surface area contributed by atoms with Crippen molar-refractivity contribution in [3.05, 3.63) is 39.2 Å². The topological polar surface area (TPSA) is 48.7 Å². The Morgan fingerprint density at radius 1 is 1.24 bits per heavy atom. The van der Waals surface area contributed by atoms with Crippen molar-refractivity contribution < 1.29 is 0 Å². The maximum absolute atomic E-state index is 8.99. The maximum atomic E-state index is 8.99. The fourth-order valence-corrected chi connectivity index (χ4v) is 2.21. The molecule has 3 nitrogen and oxygen atoms in total. The molecule has 0 atom stereocenters. The van der Waals surface area contributed by atoms with E-state index in [2.05, 4.69) is 42.4 Å². The van der Waals surface area contributed by atoms with Gasteiger partial charge < -0.3 is 5.32 Å². The van der Waals surface area contributed by atoms with Crippen molar-refractivity contribution in [2.24, 2.45) is 0 Å². The third-order valence-electron chi connectivity index (χ3n) is 2.61. The van der Waals surface area contributed by atoms with Crippen LogP contribution in [0.5, 0.6) is 0 Å². The largest absolute Gasteiger partial charge is 0.338 e. The molecule has 0 saturated carbocycles. The Bertz CT molecular complexity index is 593. The van der Waals surface area contributed by atoms with Gasteiger partial charge in [-0.1, -0.05) is 6.07 Å². The highest BCUT2D eigenvalue weighted by molar-refractivity contribution is 7.12. The smallest absolute Gasteiger partial charge is 0.159 e. The van der Waals surface area contributed by atoms with Crippen molar-refractivity contribution >= 4 is 22.8 Å². The molecule has 0 unspecified atom stereocenters. The number of aryl methyl sites for hydroxylation is 3. The lowest BCUT2D eigenvalue weighted by Gasteiger charge is -2.06. The van der Waals surface area contributed by atoms with Crippen LogP contribution in [0.15, 0.2) is 18.2 Å². The van der Waals surface area contributed by atoms with Crippen molar-refractivity contribution in [1.82, 2.24) is 4.98 Å². The zero-order chi connectivity index (χ0) is 12.4. The molecule has 0 spiro atoms. The number of rotatable bonds is 2. The summed E-state index contributed by atoms with van der Waals surface area (Å²) in [6, 6.07) is 8.27. The second-order valence-electron chi connectivity index (χ2n) is 3.95. The first-order chi connectivity index (χ1) is 8.10. The number of hydrogen-bond acceptors (Lipinski definition) is 4. The zero-order valence-corrected chi connectivity index (χ0v) is 10.9. The number of nitriles is 1. The van der Waals surface area contributed by atoms with Crippen molar-refractivity contribution in [2.45, 2.75) is 20.8 Å². The molecule has 0 saturated heterocycles. The quantitative estimate of drug-likeness (QED) is 0.875. The molecule has 0 fully saturated rings. The van der Waals surface area contributed by atoms with Crippen LogP contribution in [0.3, 0.4) is 0 Å². The van der Waals surface area contributed by atoms with E-state index < -0.39 is 0 Å². The molecule has 1 aromatic heterocycles. The lowest BCUT2D eigenvalue weighted by molar-refractivity contribution is 1.27. The molecule has 2 aromatic rings. The molecule has 17 heavy (non-hydrogen) atoms. The molecular weight excluding hydrogens is 230 g/mol. The summed E-state index contributed by atoms with van der Waals surface area (Å²) in [5.41, 5.74) is 3.45. The monoisotopic (exact) mass is 243 g/mol. The van der Waals surface area contributed by atoms with Crippen LogP contribution in [0.25, 0.3) is 0 Å². The second-order valence-corrected chi connectivity index (χ2v) is 5.15. The summed E-state index contributed by atoms with van der Waals surface area (Å²) >= 11 is 1.41. The van der Waals surface area contributed by atoms with E-state index in [-0.39, 0.29) is 0 Å². The summed E-state index contributed by atoms with van der Waals surface area (Å²) in [7, 11) is 0. The van der Waals surface area contributed by atoms with E-state index in [1.54, 1.807) is 0 Å². The van der Waals surface area contributed by atoms with Crippen LogP contribution in [0.4, 0.5) is 11.5 Å². The van der Waals surface area contributed by atoms with E-state index in [9.17, 15) is 0 Å². The lowest BCUT2D eigenvalue weighted by Crippen LogP contribution is -1.94. The molecule has 1 N–H and O–H groups in total. The summed E-state index contributed by atoms with van der Waals surface area (Å²) in [4.78, 5) is 4.94. The first-order valence-corrected chi connectivity index (χ1v) is 6.13. The number of hydrogen-bond donors (Lipinski definition) is 1. The van der Waals surface area contributed by atoms with E-state index in [0.717, 1.165) is 10.7 Å². The number of aromatic nitrogens is 1. The van der Waals surface area contributed by atoms with Crippen LogP contribution in [-0.4, -0.2) is 4.98 Å². The van der Waals surface area contributed by atoms with E-state index in [1.165, 1.54) is 22.5 Å². The van der Waals surface area contributed by atoms with Gasteiger partial charge in [-0.25, -0.2) is 4.98 Å². The van der Waals surface area contributed by atoms with Crippen molar-refractivity contribution in [3.63, 3.8) is 0 Å². The molecule has 0 aliphatic rings. The molecule has 0 bridgehead atoms. The van der Waals surface area contributed by atoms with Gasteiger partial charge in [0.15, 0.2) is 5.82 Å². The van der Waals surface area contributed by atoms with Gasteiger partial charge >= 0.3 is 0 Å². The fraction of sp³-hybridized carbons (Fsp3) is 0.231. The van der Waals surface area contributed by atoms with E-state index >= 15 is 0 Å². The summed E-state index contributed by atoms with van der Waals surface area (Å²) in [5.74, 6) is 0.651. The highest BCUT2D eigenvalue weighted by atomic mass is 32.1. The van der Waals surface area contributed by atoms with Crippen LogP contribution >= 0.6 is 11.3 Å². The average Bonchev–Trinajstić information content (AvgIpc) is 2.64. The Labute approximate surface area is 105 Å². The molecule has 0 aliphatic heterocycles. The van der Waals surface area contributed by atoms with Gasteiger partial charge in [0.1, 0.15) is 10.9 Å². The van der Waals surface area contributed by atoms with Crippen LogP contribution in [-0.2, 0) is 0 Å². The third kappa shape index (κ3) is 2.45. The van der Waals surface area contributed by atoms with Crippen molar-refractivity contribution in [1.29, 1.82) is 5.26 Å². The van der Waals surface area contributed by atoms with Crippen LogP contribution < -0.4 is 5.32 Å². The van der Waals surface area contributed by atoms with Crippen LogP contribution in [0.2, 0.25) is 0 Å². The highest BCUT2D eigenvalue weighted by Crippen LogP contribution is 2.25. The number of benzene rings is 1. The van der Waals surface area contributed by atoms with Gasteiger partial charge in [0.25, 0.3) is 0 Å². The normalized spacial score (nSPS) is 10.0. The summed E-state index contributed by atoms with van der Waals surface area (Å²) in [5, 5.41) is 13.1. The van der Waals surface area contributed by atoms with Crippen LogP contribution in [0, 0.1) is 32.1 Å². The van der Waals surface area contributed by atoms with Gasteiger partial charge in [0.05, 0.1) is 5.01 Å². The second kappa shape index (κ2) is 4.56. The zero-order valence-electron chi connectivity index (χ0n) is 10.0. The highest BCUT2D eigenvalue weighted by Gasteiger charge is 2.08. The fourth-order valence-electron chi connectivity index (χ4n) is 1.54. The summed E-state index contributed by atoms with van der Waals surface area (Å²) < 4.78 is 0. The lowest BCUT2D eigenvalue weighted by atomic mass is 10.1. The van der Waals surface area contributed by atoms with Crippen LogP contribution in [0.1, 0.15) is 21.0 Å². The predicted octanol–water partition coefficient (Wildman–Crippen LogP) is 3.68. The van der Waals surface area contributed by atoms with Gasteiger partial charge in [-0.05, 0) is 44.0 Å². The Kier molecular flexibility index (Phi) is 3.12. The molecule has 0 radical (unpaired) electrons. The van der Waals surface area contributed by atoms with E-state index in [1.807, 2.05) is 13.0 Å². The molecular formula is C13H13N3S.